The van der Waals surface area contributed by atoms with E-state index in [2.05, 4.69) is 32.8 Å². The molecule has 6 nitrogen and oxygen atoms in total. The second-order valence-electron chi connectivity index (χ2n) is 5.78. The van der Waals surface area contributed by atoms with Gasteiger partial charge in [0.2, 0.25) is 5.95 Å². The zero-order valence-corrected chi connectivity index (χ0v) is 15.0. The fourth-order valence-electron chi connectivity index (χ4n) is 2.58. The SMILES string of the molecule is COc1ccc(Nc2ncc(C)c(NC3=CCCC=C3)n2)c(F)c1OC. The third kappa shape index (κ3) is 3.77. The van der Waals surface area contributed by atoms with E-state index in [4.69, 9.17) is 9.47 Å². The number of benzene rings is 1. The highest BCUT2D eigenvalue weighted by atomic mass is 19.1. The molecule has 7 heteroatoms. The van der Waals surface area contributed by atoms with Crippen molar-refractivity contribution in [3.05, 3.63) is 53.6 Å². The first-order valence-electron chi connectivity index (χ1n) is 8.27. The van der Waals surface area contributed by atoms with Crippen LogP contribution >= 0.6 is 0 Å². The molecule has 136 valence electrons. The molecule has 0 saturated carbocycles. The van der Waals surface area contributed by atoms with Gasteiger partial charge in [-0.05, 0) is 38.0 Å². The Balaban J connectivity index is 1.85. The minimum atomic E-state index is -0.566. The van der Waals surface area contributed by atoms with Gasteiger partial charge in [0.25, 0.3) is 0 Å². The Labute approximate surface area is 151 Å². The van der Waals surface area contributed by atoms with Crippen molar-refractivity contribution in [2.45, 2.75) is 19.8 Å². The number of rotatable bonds is 6. The summed E-state index contributed by atoms with van der Waals surface area (Å²) in [7, 11) is 2.85. The van der Waals surface area contributed by atoms with E-state index in [1.54, 1.807) is 18.3 Å². The molecule has 0 atom stereocenters. The maximum Gasteiger partial charge on any atom is 0.229 e. The molecule has 0 unspecified atom stereocenters. The summed E-state index contributed by atoms with van der Waals surface area (Å²) < 4.78 is 24.8. The topological polar surface area (TPSA) is 68.3 Å². The van der Waals surface area contributed by atoms with Crippen LogP contribution in [-0.2, 0) is 0 Å². The molecule has 3 rings (SSSR count). The van der Waals surface area contributed by atoms with Crippen LogP contribution in [0.5, 0.6) is 11.5 Å². The van der Waals surface area contributed by atoms with Crippen molar-refractivity contribution in [1.29, 1.82) is 0 Å². The average Bonchev–Trinajstić information content (AvgIpc) is 2.66. The van der Waals surface area contributed by atoms with Crippen LogP contribution in [0.1, 0.15) is 18.4 Å². The first-order valence-corrected chi connectivity index (χ1v) is 8.27. The molecular formula is C19H21FN4O2. The molecule has 1 aromatic carbocycles. The fourth-order valence-corrected chi connectivity index (χ4v) is 2.58. The highest BCUT2D eigenvalue weighted by Gasteiger charge is 2.16. The zero-order chi connectivity index (χ0) is 18.5. The summed E-state index contributed by atoms with van der Waals surface area (Å²) in [6.45, 7) is 1.91. The van der Waals surface area contributed by atoms with Crippen LogP contribution in [-0.4, -0.2) is 24.2 Å². The van der Waals surface area contributed by atoms with Crippen molar-refractivity contribution in [3.63, 3.8) is 0 Å². The summed E-state index contributed by atoms with van der Waals surface area (Å²) in [6.07, 6.45) is 9.96. The first-order chi connectivity index (χ1) is 12.6. The van der Waals surface area contributed by atoms with Crippen LogP contribution in [0.2, 0.25) is 0 Å². The number of ether oxygens (including phenoxy) is 2. The largest absolute Gasteiger partial charge is 0.493 e. The van der Waals surface area contributed by atoms with Gasteiger partial charge in [0.1, 0.15) is 5.82 Å². The van der Waals surface area contributed by atoms with Crippen molar-refractivity contribution in [3.8, 4) is 11.5 Å². The molecule has 0 bridgehead atoms. The molecule has 0 radical (unpaired) electrons. The summed E-state index contributed by atoms with van der Waals surface area (Å²) in [5.41, 5.74) is 2.08. The molecule has 0 fully saturated rings. The second-order valence-corrected chi connectivity index (χ2v) is 5.78. The minimum absolute atomic E-state index is 0.0282. The quantitative estimate of drug-likeness (QED) is 0.803. The normalized spacial score (nSPS) is 13.2. The lowest BCUT2D eigenvalue weighted by Crippen LogP contribution is -2.07. The Morgan fingerprint density at radius 3 is 2.65 bits per heavy atom. The molecule has 2 aromatic rings. The average molecular weight is 356 g/mol. The van der Waals surface area contributed by atoms with E-state index in [0.717, 1.165) is 24.1 Å². The van der Waals surface area contributed by atoms with E-state index in [-0.39, 0.29) is 17.4 Å². The van der Waals surface area contributed by atoms with Crippen LogP contribution in [0, 0.1) is 12.7 Å². The maximum absolute atomic E-state index is 14.6. The van der Waals surface area contributed by atoms with Gasteiger partial charge < -0.3 is 20.1 Å². The lowest BCUT2D eigenvalue weighted by molar-refractivity contribution is 0.338. The molecule has 1 aromatic heterocycles. The molecule has 1 aliphatic carbocycles. The van der Waals surface area contributed by atoms with Crippen LogP contribution in [0.25, 0.3) is 0 Å². The van der Waals surface area contributed by atoms with E-state index in [0.29, 0.717) is 11.6 Å². The third-order valence-corrected chi connectivity index (χ3v) is 3.96. The van der Waals surface area contributed by atoms with Gasteiger partial charge in [-0.2, -0.15) is 4.98 Å². The van der Waals surface area contributed by atoms with Gasteiger partial charge in [-0.15, -0.1) is 0 Å². The Bertz CT molecular complexity index is 865. The number of hydrogen-bond donors (Lipinski definition) is 2. The smallest absolute Gasteiger partial charge is 0.229 e. The lowest BCUT2D eigenvalue weighted by Gasteiger charge is -2.15. The van der Waals surface area contributed by atoms with Crippen molar-refractivity contribution >= 4 is 17.5 Å². The minimum Gasteiger partial charge on any atom is -0.493 e. The summed E-state index contributed by atoms with van der Waals surface area (Å²) in [6, 6.07) is 3.18. The first kappa shape index (κ1) is 17.7. The monoisotopic (exact) mass is 356 g/mol. The zero-order valence-electron chi connectivity index (χ0n) is 15.0. The van der Waals surface area contributed by atoms with E-state index < -0.39 is 5.82 Å². The van der Waals surface area contributed by atoms with E-state index in [1.165, 1.54) is 14.2 Å². The molecular weight excluding hydrogens is 335 g/mol. The Morgan fingerprint density at radius 2 is 1.96 bits per heavy atom. The molecule has 26 heavy (non-hydrogen) atoms. The molecule has 0 spiro atoms. The number of nitrogens with one attached hydrogen (secondary N) is 2. The number of aromatic nitrogens is 2. The predicted octanol–water partition coefficient (Wildman–Crippen LogP) is 4.33. The van der Waals surface area contributed by atoms with Crippen molar-refractivity contribution in [1.82, 2.24) is 9.97 Å². The fraction of sp³-hybridized carbons (Fsp3) is 0.263. The number of hydrogen-bond acceptors (Lipinski definition) is 6. The number of methoxy groups -OCH3 is 2. The van der Waals surface area contributed by atoms with Crippen molar-refractivity contribution in [2.75, 3.05) is 24.9 Å². The Kier molecular flexibility index (Phi) is 5.36. The predicted molar refractivity (Wildman–Crippen MR) is 99.6 cm³/mol. The lowest BCUT2D eigenvalue weighted by atomic mass is 10.1. The van der Waals surface area contributed by atoms with Crippen LogP contribution in [0.4, 0.5) is 21.8 Å². The summed E-state index contributed by atoms with van der Waals surface area (Å²) in [5.74, 6) is 0.730. The summed E-state index contributed by atoms with van der Waals surface area (Å²) >= 11 is 0. The van der Waals surface area contributed by atoms with Gasteiger partial charge in [0, 0.05) is 17.5 Å². The second kappa shape index (κ2) is 7.86. The van der Waals surface area contributed by atoms with Gasteiger partial charge in [0.15, 0.2) is 17.3 Å². The molecule has 0 saturated heterocycles. The standard InChI is InChI=1S/C19H21FN4O2/c1-12-11-21-19(24-18(12)22-13-7-5-4-6-8-13)23-14-9-10-15(25-2)17(26-3)16(14)20/h5,7-11H,4,6H2,1-3H3,(H2,21,22,23,24). The van der Waals surface area contributed by atoms with E-state index in [1.807, 2.05) is 13.0 Å². The molecule has 0 aliphatic heterocycles. The van der Waals surface area contributed by atoms with Crippen molar-refractivity contribution in [2.24, 2.45) is 0 Å². The third-order valence-electron chi connectivity index (χ3n) is 3.96. The highest BCUT2D eigenvalue weighted by Crippen LogP contribution is 2.35. The molecule has 1 aliphatic rings. The van der Waals surface area contributed by atoms with Gasteiger partial charge >= 0.3 is 0 Å². The van der Waals surface area contributed by atoms with Gasteiger partial charge in [-0.25, -0.2) is 9.37 Å². The van der Waals surface area contributed by atoms with E-state index >= 15 is 0 Å². The Morgan fingerprint density at radius 1 is 1.12 bits per heavy atom. The molecule has 1 heterocycles. The van der Waals surface area contributed by atoms with Gasteiger partial charge in [-0.1, -0.05) is 12.2 Å². The number of nitrogens with zero attached hydrogens (tertiary/aromatic N) is 2. The maximum atomic E-state index is 14.6. The summed E-state index contributed by atoms with van der Waals surface area (Å²) in [5, 5.41) is 6.17. The van der Waals surface area contributed by atoms with Crippen LogP contribution in [0.3, 0.4) is 0 Å². The Hall–Kier alpha value is -3.09. The van der Waals surface area contributed by atoms with Crippen LogP contribution < -0.4 is 20.1 Å². The molecule has 0 amide bonds. The van der Waals surface area contributed by atoms with Crippen LogP contribution in [0.15, 0.2) is 42.3 Å². The number of anilines is 3. The van der Waals surface area contributed by atoms with Gasteiger partial charge in [-0.3, -0.25) is 0 Å². The van der Waals surface area contributed by atoms with Crippen molar-refractivity contribution < 1.29 is 13.9 Å². The number of aryl methyl sites for hydroxylation is 1. The number of halogens is 1. The highest BCUT2D eigenvalue weighted by molar-refractivity contribution is 5.63. The summed E-state index contributed by atoms with van der Waals surface area (Å²) in [4.78, 5) is 8.68. The van der Waals surface area contributed by atoms with E-state index in [9.17, 15) is 4.39 Å². The molecule has 2 N–H and O–H groups in total. The number of allylic oxidation sites excluding steroid dienone is 3. The van der Waals surface area contributed by atoms with Gasteiger partial charge in [0.05, 0.1) is 19.9 Å².